The van der Waals surface area contributed by atoms with E-state index in [4.69, 9.17) is 4.74 Å². The molecule has 0 aliphatic heterocycles. The van der Waals surface area contributed by atoms with Crippen molar-refractivity contribution >= 4 is 29.3 Å². The number of nitrogens with one attached hydrogen (secondary N) is 1. The minimum absolute atomic E-state index is 0.138. The van der Waals surface area contributed by atoms with E-state index in [9.17, 15) is 9.59 Å². The van der Waals surface area contributed by atoms with Gasteiger partial charge in [-0.3, -0.25) is 9.59 Å². The number of hydrogen-bond acceptors (Lipinski definition) is 5. The van der Waals surface area contributed by atoms with Gasteiger partial charge in [-0.1, -0.05) is 6.07 Å². The van der Waals surface area contributed by atoms with E-state index in [1.807, 2.05) is 59.3 Å². The van der Waals surface area contributed by atoms with Gasteiger partial charge in [-0.25, -0.2) is 4.98 Å². The predicted molar refractivity (Wildman–Crippen MR) is 109 cm³/mol. The highest BCUT2D eigenvalue weighted by Gasteiger charge is 2.07. The van der Waals surface area contributed by atoms with Crippen LogP contribution in [-0.2, 0) is 15.3 Å². The Hall–Kier alpha value is -2.80. The third-order valence-electron chi connectivity index (χ3n) is 4.07. The molecule has 28 heavy (non-hydrogen) atoms. The molecule has 1 aromatic carbocycles. The number of amides is 1. The number of ether oxygens (including phenoxy) is 1. The number of fused-ring (bicyclic) bond motifs is 1. The minimum atomic E-state index is -0.233. The summed E-state index contributed by atoms with van der Waals surface area (Å²) in [5.41, 5.74) is 2.56. The maximum Gasteiger partial charge on any atom is 0.305 e. The molecular weight excluding hydrogens is 374 g/mol. The first-order valence-corrected chi connectivity index (χ1v) is 10.2. The molecule has 0 atom stereocenters. The van der Waals surface area contributed by atoms with Gasteiger partial charge in [-0.05, 0) is 49.7 Å². The standard InChI is InChI=1S/C21H23N3O3S/c1-2-27-20(25)7-5-12-22-21(26)16-8-10-18(11-9-16)28-15-17-14-24-13-4-3-6-19(24)23-17/h3-4,6,8-11,13-14H,2,5,7,12,15H2,1H3,(H,22,26). The minimum Gasteiger partial charge on any atom is -0.466 e. The Labute approximate surface area is 168 Å². The van der Waals surface area contributed by atoms with Crippen LogP contribution in [0.2, 0.25) is 0 Å². The fourth-order valence-electron chi connectivity index (χ4n) is 2.69. The molecule has 3 rings (SSSR count). The van der Waals surface area contributed by atoms with Crippen LogP contribution in [0.1, 0.15) is 35.8 Å². The Morgan fingerprint density at radius 2 is 2.00 bits per heavy atom. The molecule has 0 fully saturated rings. The number of carbonyl (C=O) groups excluding carboxylic acids is 2. The van der Waals surface area contributed by atoms with Crippen molar-refractivity contribution in [3.8, 4) is 0 Å². The Morgan fingerprint density at radius 3 is 2.75 bits per heavy atom. The number of aromatic nitrogens is 2. The van der Waals surface area contributed by atoms with E-state index < -0.39 is 0 Å². The smallest absolute Gasteiger partial charge is 0.305 e. The number of imidazole rings is 1. The first-order chi connectivity index (χ1) is 13.7. The van der Waals surface area contributed by atoms with Crippen LogP contribution < -0.4 is 5.32 Å². The van der Waals surface area contributed by atoms with E-state index in [-0.39, 0.29) is 11.9 Å². The highest BCUT2D eigenvalue weighted by Crippen LogP contribution is 2.23. The van der Waals surface area contributed by atoms with Crippen LogP contribution in [-0.4, -0.2) is 34.4 Å². The number of pyridine rings is 1. The van der Waals surface area contributed by atoms with Gasteiger partial charge in [0.15, 0.2) is 0 Å². The molecule has 0 saturated carbocycles. The van der Waals surface area contributed by atoms with Crippen LogP contribution in [0.5, 0.6) is 0 Å². The van der Waals surface area contributed by atoms with Crippen molar-refractivity contribution < 1.29 is 14.3 Å². The Morgan fingerprint density at radius 1 is 1.18 bits per heavy atom. The molecule has 3 aromatic rings. The summed E-state index contributed by atoms with van der Waals surface area (Å²) in [6.07, 6.45) is 4.89. The van der Waals surface area contributed by atoms with Crippen molar-refractivity contribution in [3.05, 3.63) is 66.1 Å². The molecule has 146 valence electrons. The van der Waals surface area contributed by atoms with E-state index in [0.717, 1.165) is 22.0 Å². The highest BCUT2D eigenvalue weighted by atomic mass is 32.2. The van der Waals surface area contributed by atoms with E-state index >= 15 is 0 Å². The molecule has 0 unspecified atom stereocenters. The Bertz CT molecular complexity index is 904. The zero-order valence-electron chi connectivity index (χ0n) is 15.8. The number of esters is 1. The molecule has 1 N–H and O–H groups in total. The van der Waals surface area contributed by atoms with E-state index in [1.54, 1.807) is 18.7 Å². The molecular formula is C21H23N3O3S. The fraction of sp³-hybridized carbons (Fsp3) is 0.286. The Balaban J connectivity index is 1.45. The zero-order chi connectivity index (χ0) is 19.8. The fourth-order valence-corrected chi connectivity index (χ4v) is 3.47. The second-order valence-electron chi connectivity index (χ2n) is 6.18. The summed E-state index contributed by atoms with van der Waals surface area (Å²) in [7, 11) is 0. The van der Waals surface area contributed by atoms with Crippen molar-refractivity contribution in [2.45, 2.75) is 30.4 Å². The summed E-state index contributed by atoms with van der Waals surface area (Å²) in [6.45, 7) is 2.60. The molecule has 2 aromatic heterocycles. The van der Waals surface area contributed by atoms with Crippen LogP contribution >= 0.6 is 11.8 Å². The monoisotopic (exact) mass is 397 g/mol. The normalized spacial score (nSPS) is 10.8. The maximum absolute atomic E-state index is 12.2. The lowest BCUT2D eigenvalue weighted by Gasteiger charge is -2.06. The lowest BCUT2D eigenvalue weighted by molar-refractivity contribution is -0.143. The third-order valence-corrected chi connectivity index (χ3v) is 5.11. The lowest BCUT2D eigenvalue weighted by atomic mass is 10.2. The largest absolute Gasteiger partial charge is 0.466 e. The summed E-state index contributed by atoms with van der Waals surface area (Å²) in [5.74, 6) is 0.394. The third kappa shape index (κ3) is 5.60. The van der Waals surface area contributed by atoms with Gasteiger partial charge in [0.2, 0.25) is 0 Å². The van der Waals surface area contributed by atoms with Gasteiger partial charge in [-0.2, -0.15) is 0 Å². The average molecular weight is 398 g/mol. The molecule has 0 spiro atoms. The number of carbonyl (C=O) groups is 2. The second-order valence-corrected chi connectivity index (χ2v) is 7.22. The van der Waals surface area contributed by atoms with Gasteiger partial charge < -0.3 is 14.5 Å². The number of nitrogens with zero attached hydrogens (tertiary/aromatic N) is 2. The quantitative estimate of drug-likeness (QED) is 0.339. The van der Waals surface area contributed by atoms with Crippen molar-refractivity contribution in [2.24, 2.45) is 0 Å². The van der Waals surface area contributed by atoms with Crippen molar-refractivity contribution in [1.29, 1.82) is 0 Å². The van der Waals surface area contributed by atoms with Gasteiger partial charge in [0, 0.05) is 41.6 Å². The van der Waals surface area contributed by atoms with Gasteiger partial charge in [0.05, 0.1) is 12.3 Å². The average Bonchev–Trinajstić information content (AvgIpc) is 3.13. The van der Waals surface area contributed by atoms with Crippen LogP contribution in [0.25, 0.3) is 5.65 Å². The van der Waals surface area contributed by atoms with Crippen molar-refractivity contribution in [1.82, 2.24) is 14.7 Å². The van der Waals surface area contributed by atoms with Gasteiger partial charge in [0.1, 0.15) is 5.65 Å². The molecule has 6 nitrogen and oxygen atoms in total. The second kappa shape index (κ2) is 9.94. The van der Waals surface area contributed by atoms with E-state index in [1.165, 1.54) is 0 Å². The summed E-state index contributed by atoms with van der Waals surface area (Å²) in [5, 5.41) is 2.82. The molecule has 2 heterocycles. The topological polar surface area (TPSA) is 72.7 Å². The van der Waals surface area contributed by atoms with Crippen LogP contribution in [0, 0.1) is 0 Å². The molecule has 0 aliphatic rings. The summed E-state index contributed by atoms with van der Waals surface area (Å²) < 4.78 is 6.86. The highest BCUT2D eigenvalue weighted by molar-refractivity contribution is 7.98. The van der Waals surface area contributed by atoms with Crippen LogP contribution in [0.15, 0.2) is 59.8 Å². The van der Waals surface area contributed by atoms with Crippen molar-refractivity contribution in [3.63, 3.8) is 0 Å². The van der Waals surface area contributed by atoms with Crippen molar-refractivity contribution in [2.75, 3.05) is 13.2 Å². The number of hydrogen-bond donors (Lipinski definition) is 1. The van der Waals surface area contributed by atoms with E-state index in [0.29, 0.717) is 31.6 Å². The summed E-state index contributed by atoms with van der Waals surface area (Å²) in [6, 6.07) is 13.4. The molecule has 0 bridgehead atoms. The molecule has 0 aliphatic carbocycles. The zero-order valence-corrected chi connectivity index (χ0v) is 16.6. The summed E-state index contributed by atoms with van der Waals surface area (Å²) >= 11 is 1.68. The number of rotatable bonds is 9. The molecule has 1 amide bonds. The molecule has 7 heteroatoms. The SMILES string of the molecule is CCOC(=O)CCCNC(=O)c1ccc(SCc2cn3ccccc3n2)cc1. The maximum atomic E-state index is 12.2. The van der Waals surface area contributed by atoms with Crippen LogP contribution in [0.3, 0.4) is 0 Å². The van der Waals surface area contributed by atoms with Gasteiger partial charge >= 0.3 is 5.97 Å². The predicted octanol–water partition coefficient (Wildman–Crippen LogP) is 3.70. The first-order valence-electron chi connectivity index (χ1n) is 9.25. The lowest BCUT2D eigenvalue weighted by Crippen LogP contribution is -2.25. The van der Waals surface area contributed by atoms with Gasteiger partial charge in [0.25, 0.3) is 5.91 Å². The Kier molecular flexibility index (Phi) is 7.08. The van der Waals surface area contributed by atoms with E-state index in [2.05, 4.69) is 10.3 Å². The van der Waals surface area contributed by atoms with Gasteiger partial charge in [-0.15, -0.1) is 11.8 Å². The first kappa shape index (κ1) is 19.9. The summed E-state index contributed by atoms with van der Waals surface area (Å²) in [4.78, 5) is 29.1. The van der Waals surface area contributed by atoms with Crippen LogP contribution in [0.4, 0.5) is 0 Å². The molecule has 0 radical (unpaired) electrons. The molecule has 0 saturated heterocycles. The number of benzene rings is 1. The number of thioether (sulfide) groups is 1.